The van der Waals surface area contributed by atoms with E-state index < -0.39 is 0 Å². The molecule has 0 fully saturated rings. The lowest BCUT2D eigenvalue weighted by Crippen LogP contribution is -1.79. The van der Waals surface area contributed by atoms with E-state index in [0.29, 0.717) is 5.02 Å². The van der Waals surface area contributed by atoms with Crippen molar-refractivity contribution < 1.29 is 0 Å². The van der Waals surface area contributed by atoms with E-state index in [0.717, 1.165) is 16.9 Å². The van der Waals surface area contributed by atoms with E-state index >= 15 is 0 Å². The molecule has 3 heteroatoms. The number of benzene rings is 1. The van der Waals surface area contributed by atoms with Gasteiger partial charge in [0, 0.05) is 29.0 Å². The fourth-order valence-corrected chi connectivity index (χ4v) is 2.05. The maximum absolute atomic E-state index is 5.95. The zero-order chi connectivity index (χ0) is 11.8. The number of nitrogens with zero attached hydrogens (tertiary/aromatic N) is 2. The first-order valence-electron chi connectivity index (χ1n) is 5.44. The van der Waals surface area contributed by atoms with Crippen LogP contribution >= 0.6 is 11.6 Å². The van der Waals surface area contributed by atoms with E-state index in [4.69, 9.17) is 11.6 Å². The molecule has 84 valence electrons. The number of aryl methyl sites for hydroxylation is 1. The van der Waals surface area contributed by atoms with Crippen LogP contribution < -0.4 is 0 Å². The van der Waals surface area contributed by atoms with E-state index in [2.05, 4.69) is 30.1 Å². The quantitative estimate of drug-likeness (QED) is 0.631. The number of rotatable bonds is 1. The van der Waals surface area contributed by atoms with Gasteiger partial charge < -0.3 is 4.40 Å². The number of imidazole rings is 1. The Hall–Kier alpha value is -1.80. The van der Waals surface area contributed by atoms with Gasteiger partial charge in [0.2, 0.25) is 0 Å². The van der Waals surface area contributed by atoms with Crippen molar-refractivity contribution in [2.75, 3.05) is 0 Å². The minimum absolute atomic E-state index is 0.707. The van der Waals surface area contributed by atoms with E-state index in [1.54, 1.807) is 0 Å². The molecule has 3 rings (SSSR count). The summed E-state index contributed by atoms with van der Waals surface area (Å²) in [7, 11) is 0. The lowest BCUT2D eigenvalue weighted by molar-refractivity contribution is 1.19. The number of aromatic nitrogens is 2. The molecule has 2 heterocycles. The average molecular weight is 243 g/mol. The van der Waals surface area contributed by atoms with Crippen LogP contribution in [0, 0.1) is 6.92 Å². The third kappa shape index (κ3) is 1.92. The summed E-state index contributed by atoms with van der Waals surface area (Å²) in [4.78, 5) is 4.56. The third-order valence-corrected chi connectivity index (χ3v) is 2.97. The van der Waals surface area contributed by atoms with E-state index in [1.165, 1.54) is 5.56 Å². The highest BCUT2D eigenvalue weighted by Gasteiger charge is 2.04. The fraction of sp³-hybridized carbons (Fsp3) is 0.0714. The Labute approximate surface area is 104 Å². The van der Waals surface area contributed by atoms with Crippen LogP contribution in [0.4, 0.5) is 0 Å². The highest BCUT2D eigenvalue weighted by Crippen LogP contribution is 2.21. The molecule has 2 aromatic heterocycles. The SMILES string of the molecule is Cc1cccc(-c2cn3ccc(Cl)cc3n2)c1. The molecule has 0 spiro atoms. The molecule has 17 heavy (non-hydrogen) atoms. The molecule has 0 atom stereocenters. The van der Waals surface area contributed by atoms with Crippen LogP contribution in [0.5, 0.6) is 0 Å². The van der Waals surface area contributed by atoms with Crippen LogP contribution in [0.3, 0.4) is 0 Å². The number of fused-ring (bicyclic) bond motifs is 1. The van der Waals surface area contributed by atoms with Gasteiger partial charge in [0.05, 0.1) is 5.69 Å². The molecule has 0 amide bonds. The first-order valence-corrected chi connectivity index (χ1v) is 5.81. The van der Waals surface area contributed by atoms with E-state index in [9.17, 15) is 0 Å². The summed E-state index contributed by atoms with van der Waals surface area (Å²) in [5, 5.41) is 0.707. The Bertz CT molecular complexity index is 686. The van der Waals surface area contributed by atoms with Gasteiger partial charge in [0.15, 0.2) is 0 Å². The van der Waals surface area contributed by atoms with Gasteiger partial charge in [-0.15, -0.1) is 0 Å². The molecule has 0 saturated carbocycles. The minimum Gasteiger partial charge on any atom is -0.306 e. The Balaban J connectivity index is 2.18. The second kappa shape index (κ2) is 3.90. The summed E-state index contributed by atoms with van der Waals surface area (Å²) in [6.07, 6.45) is 3.93. The first-order chi connectivity index (χ1) is 8.22. The summed E-state index contributed by atoms with van der Waals surface area (Å²) < 4.78 is 1.98. The zero-order valence-electron chi connectivity index (χ0n) is 9.39. The van der Waals surface area contributed by atoms with Crippen LogP contribution in [-0.2, 0) is 0 Å². The maximum atomic E-state index is 5.95. The van der Waals surface area contributed by atoms with Crippen LogP contribution in [-0.4, -0.2) is 9.38 Å². The Kier molecular flexibility index (Phi) is 2.37. The largest absolute Gasteiger partial charge is 0.306 e. The van der Waals surface area contributed by atoms with Crippen molar-refractivity contribution >= 4 is 17.2 Å². The monoisotopic (exact) mass is 242 g/mol. The van der Waals surface area contributed by atoms with Crippen molar-refractivity contribution in [1.82, 2.24) is 9.38 Å². The standard InChI is InChI=1S/C14H11ClN2/c1-10-3-2-4-11(7-10)13-9-17-6-5-12(15)8-14(17)16-13/h2-9H,1H3. The van der Waals surface area contributed by atoms with E-state index in [-0.39, 0.29) is 0 Å². The molecule has 0 aliphatic carbocycles. The summed E-state index contributed by atoms with van der Waals surface area (Å²) >= 11 is 5.95. The second-order valence-electron chi connectivity index (χ2n) is 4.11. The predicted octanol–water partition coefficient (Wildman–Crippen LogP) is 3.96. The number of halogens is 1. The molecule has 2 nitrogen and oxygen atoms in total. The number of hydrogen-bond donors (Lipinski definition) is 0. The second-order valence-corrected chi connectivity index (χ2v) is 4.54. The van der Waals surface area contributed by atoms with Crippen LogP contribution in [0.15, 0.2) is 48.8 Å². The van der Waals surface area contributed by atoms with Gasteiger partial charge in [0.25, 0.3) is 0 Å². The molecule has 0 radical (unpaired) electrons. The topological polar surface area (TPSA) is 17.3 Å². The first kappa shape index (κ1) is 10.4. The normalized spacial score (nSPS) is 10.9. The molecule has 1 aromatic carbocycles. The lowest BCUT2D eigenvalue weighted by atomic mass is 10.1. The molecular weight excluding hydrogens is 232 g/mol. The van der Waals surface area contributed by atoms with Gasteiger partial charge in [0.1, 0.15) is 5.65 Å². The summed E-state index contributed by atoms with van der Waals surface area (Å²) in [6, 6.07) is 12.0. The highest BCUT2D eigenvalue weighted by molar-refractivity contribution is 6.30. The number of pyridine rings is 1. The third-order valence-electron chi connectivity index (χ3n) is 2.74. The van der Waals surface area contributed by atoms with Crippen molar-refractivity contribution in [3.63, 3.8) is 0 Å². The molecule has 0 unspecified atom stereocenters. The van der Waals surface area contributed by atoms with Crippen molar-refractivity contribution in [2.45, 2.75) is 6.92 Å². The summed E-state index contributed by atoms with van der Waals surface area (Å²) in [5.74, 6) is 0. The predicted molar refractivity (Wildman–Crippen MR) is 70.4 cm³/mol. The lowest BCUT2D eigenvalue weighted by Gasteiger charge is -1.96. The molecule has 0 saturated heterocycles. The van der Waals surface area contributed by atoms with Gasteiger partial charge in [-0.2, -0.15) is 0 Å². The van der Waals surface area contributed by atoms with Crippen LogP contribution in [0.2, 0.25) is 5.02 Å². The molecule has 0 N–H and O–H groups in total. The Morgan fingerprint density at radius 1 is 1.18 bits per heavy atom. The molecule has 0 aliphatic heterocycles. The smallest absolute Gasteiger partial charge is 0.138 e. The van der Waals surface area contributed by atoms with Gasteiger partial charge in [-0.05, 0) is 19.1 Å². The van der Waals surface area contributed by atoms with Crippen molar-refractivity contribution in [1.29, 1.82) is 0 Å². The number of hydrogen-bond acceptors (Lipinski definition) is 1. The zero-order valence-corrected chi connectivity index (χ0v) is 10.1. The van der Waals surface area contributed by atoms with Gasteiger partial charge in [-0.25, -0.2) is 4.98 Å². The van der Waals surface area contributed by atoms with Crippen molar-refractivity contribution in [3.05, 3.63) is 59.4 Å². The molecule has 0 aliphatic rings. The van der Waals surface area contributed by atoms with Crippen molar-refractivity contribution in [3.8, 4) is 11.3 Å². The minimum atomic E-state index is 0.707. The average Bonchev–Trinajstić information content (AvgIpc) is 2.72. The Morgan fingerprint density at radius 3 is 2.88 bits per heavy atom. The molecule has 0 bridgehead atoms. The summed E-state index contributed by atoms with van der Waals surface area (Å²) in [5.41, 5.74) is 4.20. The van der Waals surface area contributed by atoms with Gasteiger partial charge in [-0.3, -0.25) is 0 Å². The van der Waals surface area contributed by atoms with Crippen LogP contribution in [0.25, 0.3) is 16.9 Å². The molecule has 3 aromatic rings. The van der Waals surface area contributed by atoms with Crippen LogP contribution in [0.1, 0.15) is 5.56 Å². The molecular formula is C14H11ClN2. The Morgan fingerprint density at radius 2 is 2.06 bits per heavy atom. The fourth-order valence-electron chi connectivity index (χ4n) is 1.90. The van der Waals surface area contributed by atoms with E-state index in [1.807, 2.05) is 35.0 Å². The maximum Gasteiger partial charge on any atom is 0.138 e. The summed E-state index contributed by atoms with van der Waals surface area (Å²) in [6.45, 7) is 2.08. The highest BCUT2D eigenvalue weighted by atomic mass is 35.5. The van der Waals surface area contributed by atoms with Crippen molar-refractivity contribution in [2.24, 2.45) is 0 Å². The van der Waals surface area contributed by atoms with Gasteiger partial charge >= 0.3 is 0 Å². The van der Waals surface area contributed by atoms with Gasteiger partial charge in [-0.1, -0.05) is 35.4 Å².